The van der Waals surface area contributed by atoms with Crippen molar-refractivity contribution in [3.8, 4) is 0 Å². The number of H-pyrrole nitrogens is 1. The van der Waals surface area contributed by atoms with Crippen molar-refractivity contribution in [2.75, 3.05) is 0 Å². The lowest BCUT2D eigenvalue weighted by atomic mass is 9.84. The number of hydrogen-bond donors (Lipinski definition) is 2. The molecule has 1 atom stereocenters. The summed E-state index contributed by atoms with van der Waals surface area (Å²) in [6.45, 7) is 9.10. The molecule has 17 heavy (non-hydrogen) atoms. The maximum atomic E-state index is 11.7. The summed E-state index contributed by atoms with van der Waals surface area (Å²) >= 11 is 0. The third-order valence-corrected chi connectivity index (χ3v) is 2.41. The average Bonchev–Trinajstić information content (AvgIpc) is 2.63. The van der Waals surface area contributed by atoms with Crippen molar-refractivity contribution in [1.82, 2.24) is 20.5 Å². The molecule has 1 heterocycles. The van der Waals surface area contributed by atoms with Crippen molar-refractivity contribution in [3.63, 3.8) is 0 Å². The zero-order valence-electron chi connectivity index (χ0n) is 11.1. The highest BCUT2D eigenvalue weighted by atomic mass is 16.1. The van der Waals surface area contributed by atoms with Crippen LogP contribution >= 0.6 is 0 Å². The van der Waals surface area contributed by atoms with Gasteiger partial charge in [-0.25, -0.2) is 4.98 Å². The molecule has 0 saturated carbocycles. The van der Waals surface area contributed by atoms with Crippen LogP contribution in [0.25, 0.3) is 0 Å². The fourth-order valence-electron chi connectivity index (χ4n) is 2.00. The summed E-state index contributed by atoms with van der Waals surface area (Å²) in [5.41, 5.74) is 0.268. The predicted molar refractivity (Wildman–Crippen MR) is 66.1 cm³/mol. The molecule has 96 valence electrons. The van der Waals surface area contributed by atoms with Gasteiger partial charge < -0.3 is 5.32 Å². The van der Waals surface area contributed by atoms with E-state index in [0.29, 0.717) is 24.7 Å². The fourth-order valence-corrected chi connectivity index (χ4v) is 2.00. The monoisotopic (exact) mass is 238 g/mol. The van der Waals surface area contributed by atoms with Crippen LogP contribution in [0.3, 0.4) is 0 Å². The number of nitrogens with zero attached hydrogens (tertiary/aromatic N) is 2. The van der Waals surface area contributed by atoms with Crippen molar-refractivity contribution < 1.29 is 4.79 Å². The highest BCUT2D eigenvalue weighted by Gasteiger charge is 2.17. The van der Waals surface area contributed by atoms with Gasteiger partial charge in [0.15, 0.2) is 0 Å². The van der Waals surface area contributed by atoms with E-state index in [2.05, 4.69) is 48.2 Å². The van der Waals surface area contributed by atoms with Crippen LogP contribution in [0, 0.1) is 11.3 Å². The van der Waals surface area contributed by atoms with Crippen LogP contribution in [0.5, 0.6) is 0 Å². The van der Waals surface area contributed by atoms with Crippen molar-refractivity contribution >= 4 is 5.91 Å². The molecule has 0 aliphatic rings. The normalized spacial score (nSPS) is 13.4. The van der Waals surface area contributed by atoms with Gasteiger partial charge >= 0.3 is 0 Å². The summed E-state index contributed by atoms with van der Waals surface area (Å²) in [5.74, 6) is 1.14. The van der Waals surface area contributed by atoms with Gasteiger partial charge in [0.2, 0.25) is 5.91 Å². The van der Waals surface area contributed by atoms with Crippen LogP contribution in [-0.4, -0.2) is 21.1 Å². The number of nitrogens with one attached hydrogen (secondary N) is 2. The molecule has 1 amide bonds. The number of carbonyl (C=O) groups is 1. The molecule has 1 rings (SSSR count). The summed E-state index contributed by atoms with van der Waals surface area (Å²) in [6.07, 6.45) is 3.04. The Hall–Kier alpha value is -1.39. The van der Waals surface area contributed by atoms with Crippen LogP contribution < -0.4 is 5.32 Å². The van der Waals surface area contributed by atoms with E-state index in [1.807, 2.05) is 0 Å². The van der Waals surface area contributed by atoms with Crippen molar-refractivity contribution in [2.45, 2.75) is 47.1 Å². The van der Waals surface area contributed by atoms with Crippen LogP contribution in [0.1, 0.15) is 46.4 Å². The first-order valence-electron chi connectivity index (χ1n) is 5.98. The number of amides is 1. The van der Waals surface area contributed by atoms with Gasteiger partial charge in [-0.15, -0.1) is 0 Å². The van der Waals surface area contributed by atoms with Crippen LogP contribution in [-0.2, 0) is 11.3 Å². The van der Waals surface area contributed by atoms with E-state index < -0.39 is 0 Å². The van der Waals surface area contributed by atoms with E-state index in [-0.39, 0.29) is 11.3 Å². The Labute approximate surface area is 102 Å². The summed E-state index contributed by atoms with van der Waals surface area (Å²) in [6, 6.07) is 0. The first kappa shape index (κ1) is 13.7. The van der Waals surface area contributed by atoms with Gasteiger partial charge in [0.1, 0.15) is 12.2 Å². The average molecular weight is 238 g/mol. The molecular weight excluding hydrogens is 216 g/mol. The highest BCUT2D eigenvalue weighted by molar-refractivity contribution is 5.75. The molecule has 0 spiro atoms. The molecule has 0 aliphatic heterocycles. The van der Waals surface area contributed by atoms with Gasteiger partial charge in [-0.2, -0.15) is 5.10 Å². The second kappa shape index (κ2) is 5.80. The zero-order chi connectivity index (χ0) is 12.9. The first-order chi connectivity index (χ1) is 7.87. The molecule has 5 nitrogen and oxygen atoms in total. The van der Waals surface area contributed by atoms with Crippen molar-refractivity contribution in [2.24, 2.45) is 11.3 Å². The molecule has 0 radical (unpaired) electrons. The molecular formula is C12H22N4O. The molecule has 2 N–H and O–H groups in total. The quantitative estimate of drug-likeness (QED) is 0.822. The summed E-state index contributed by atoms with van der Waals surface area (Å²) in [7, 11) is 0. The smallest absolute Gasteiger partial charge is 0.220 e. The van der Waals surface area contributed by atoms with E-state index in [0.717, 1.165) is 6.42 Å². The molecule has 1 unspecified atom stereocenters. The van der Waals surface area contributed by atoms with Gasteiger partial charge in [0.25, 0.3) is 0 Å². The Morgan fingerprint density at radius 1 is 1.53 bits per heavy atom. The second-order valence-electron chi connectivity index (χ2n) is 5.78. The molecule has 1 aromatic rings. The Morgan fingerprint density at radius 2 is 2.24 bits per heavy atom. The molecule has 0 bridgehead atoms. The summed E-state index contributed by atoms with van der Waals surface area (Å²) in [4.78, 5) is 15.6. The highest BCUT2D eigenvalue weighted by Crippen LogP contribution is 2.25. The maximum absolute atomic E-state index is 11.7. The number of rotatable bonds is 5. The van der Waals surface area contributed by atoms with Crippen LogP contribution in [0.4, 0.5) is 0 Å². The maximum Gasteiger partial charge on any atom is 0.220 e. The SMILES string of the molecule is CC(CC(=O)NCc1ncn[nH]1)CC(C)(C)C. The third kappa shape index (κ3) is 6.04. The zero-order valence-corrected chi connectivity index (χ0v) is 11.1. The molecule has 0 aromatic carbocycles. The summed E-state index contributed by atoms with van der Waals surface area (Å²) in [5, 5.41) is 9.26. The lowest BCUT2D eigenvalue weighted by molar-refractivity contribution is -0.122. The number of carbonyl (C=O) groups excluding carboxylic acids is 1. The van der Waals surface area contributed by atoms with E-state index in [9.17, 15) is 4.79 Å². The molecule has 1 aromatic heterocycles. The Bertz CT molecular complexity index is 340. The van der Waals surface area contributed by atoms with Gasteiger partial charge in [0.05, 0.1) is 6.54 Å². The van der Waals surface area contributed by atoms with Crippen molar-refractivity contribution in [3.05, 3.63) is 12.2 Å². The number of aromatic nitrogens is 3. The van der Waals surface area contributed by atoms with Crippen LogP contribution in [0.2, 0.25) is 0 Å². The van der Waals surface area contributed by atoms with Gasteiger partial charge in [0, 0.05) is 6.42 Å². The van der Waals surface area contributed by atoms with E-state index >= 15 is 0 Å². The Balaban J connectivity index is 2.25. The lowest BCUT2D eigenvalue weighted by Crippen LogP contribution is -2.26. The van der Waals surface area contributed by atoms with Crippen LogP contribution in [0.15, 0.2) is 6.33 Å². The minimum absolute atomic E-state index is 0.0677. The lowest BCUT2D eigenvalue weighted by Gasteiger charge is -2.22. The molecule has 5 heteroatoms. The topological polar surface area (TPSA) is 70.7 Å². The second-order valence-corrected chi connectivity index (χ2v) is 5.78. The summed E-state index contributed by atoms with van der Waals surface area (Å²) < 4.78 is 0. The van der Waals surface area contributed by atoms with E-state index in [1.54, 1.807) is 0 Å². The van der Waals surface area contributed by atoms with E-state index in [4.69, 9.17) is 0 Å². The van der Waals surface area contributed by atoms with Crippen molar-refractivity contribution in [1.29, 1.82) is 0 Å². The molecule has 0 aliphatic carbocycles. The minimum Gasteiger partial charge on any atom is -0.349 e. The standard InChI is InChI=1S/C12H22N4O/c1-9(6-12(2,3)4)5-11(17)13-7-10-14-8-15-16-10/h8-9H,5-7H2,1-4H3,(H,13,17)(H,14,15,16). The number of aromatic amines is 1. The third-order valence-electron chi connectivity index (χ3n) is 2.41. The number of hydrogen-bond acceptors (Lipinski definition) is 3. The minimum atomic E-state index is 0.0677. The van der Waals surface area contributed by atoms with Gasteiger partial charge in [-0.3, -0.25) is 9.89 Å². The molecule has 0 fully saturated rings. The molecule has 0 saturated heterocycles. The first-order valence-corrected chi connectivity index (χ1v) is 5.98. The Morgan fingerprint density at radius 3 is 2.76 bits per heavy atom. The van der Waals surface area contributed by atoms with E-state index in [1.165, 1.54) is 6.33 Å². The van der Waals surface area contributed by atoms with Gasteiger partial charge in [-0.05, 0) is 17.8 Å². The van der Waals surface area contributed by atoms with Gasteiger partial charge in [-0.1, -0.05) is 27.7 Å². The predicted octanol–water partition coefficient (Wildman–Crippen LogP) is 1.88. The Kier molecular flexibility index (Phi) is 4.66. The fraction of sp³-hybridized carbons (Fsp3) is 0.750. The largest absolute Gasteiger partial charge is 0.349 e.